The number of nitrogens with zero attached hydrogens (tertiary/aromatic N) is 1. The molecule has 3 N–H and O–H groups in total. The number of nitrogens with one attached hydrogen (secondary N) is 1. The normalized spacial score (nSPS) is 11.1. The minimum absolute atomic E-state index is 0.479. The molecule has 0 aromatic heterocycles. The average Bonchev–Trinajstić information content (AvgIpc) is 2.44. The van der Waals surface area contributed by atoms with Crippen molar-refractivity contribution in [2.24, 2.45) is 10.7 Å². The molecule has 0 atom stereocenters. The molecular formula is C15H23N3O. The molecule has 0 fully saturated rings. The summed E-state index contributed by atoms with van der Waals surface area (Å²) in [5, 5.41) is 3.09. The van der Waals surface area contributed by atoms with Gasteiger partial charge in [-0.05, 0) is 12.5 Å². The Morgan fingerprint density at radius 3 is 3.00 bits per heavy atom. The van der Waals surface area contributed by atoms with Crippen molar-refractivity contribution in [3.05, 3.63) is 42.5 Å². The van der Waals surface area contributed by atoms with E-state index in [-0.39, 0.29) is 0 Å². The molecule has 4 heteroatoms. The lowest BCUT2D eigenvalue weighted by Gasteiger charge is -2.09. The second kappa shape index (κ2) is 9.03. The van der Waals surface area contributed by atoms with Gasteiger partial charge in [0.25, 0.3) is 0 Å². The van der Waals surface area contributed by atoms with Crippen molar-refractivity contribution in [2.45, 2.75) is 26.3 Å². The summed E-state index contributed by atoms with van der Waals surface area (Å²) in [4.78, 5) is 4.31. The van der Waals surface area contributed by atoms with Crippen LogP contribution in [0, 0.1) is 0 Å². The number of ether oxygens (including phenoxy) is 1. The molecule has 0 bridgehead atoms. The predicted octanol–water partition coefficient (Wildman–Crippen LogP) is 2.46. The fourth-order valence-electron chi connectivity index (χ4n) is 1.54. The topological polar surface area (TPSA) is 59.6 Å². The van der Waals surface area contributed by atoms with Gasteiger partial charge in [-0.25, -0.2) is 4.99 Å². The third-order valence-electron chi connectivity index (χ3n) is 2.59. The number of hydrogen-bond donors (Lipinski definition) is 2. The second-order valence-corrected chi connectivity index (χ2v) is 4.19. The SMILES string of the molecule is C=CCOc1ccccc1CN=C(N)NCCCC. The van der Waals surface area contributed by atoms with Crippen LogP contribution in [0.2, 0.25) is 0 Å². The Morgan fingerprint density at radius 2 is 2.26 bits per heavy atom. The van der Waals surface area contributed by atoms with E-state index >= 15 is 0 Å². The van der Waals surface area contributed by atoms with Gasteiger partial charge in [-0.3, -0.25) is 0 Å². The van der Waals surface area contributed by atoms with E-state index < -0.39 is 0 Å². The number of hydrogen-bond acceptors (Lipinski definition) is 2. The lowest BCUT2D eigenvalue weighted by atomic mass is 10.2. The number of aliphatic imine (C=N–C) groups is 1. The van der Waals surface area contributed by atoms with Gasteiger partial charge >= 0.3 is 0 Å². The predicted molar refractivity (Wildman–Crippen MR) is 80.4 cm³/mol. The van der Waals surface area contributed by atoms with Crippen LogP contribution in [0.4, 0.5) is 0 Å². The second-order valence-electron chi connectivity index (χ2n) is 4.19. The smallest absolute Gasteiger partial charge is 0.188 e. The number of rotatable bonds is 8. The van der Waals surface area contributed by atoms with E-state index in [0.717, 1.165) is 30.7 Å². The van der Waals surface area contributed by atoms with Crippen LogP contribution in [0.3, 0.4) is 0 Å². The number of guanidine groups is 1. The Kier molecular flexibility index (Phi) is 7.17. The molecule has 0 aliphatic rings. The minimum Gasteiger partial charge on any atom is -0.489 e. The van der Waals surface area contributed by atoms with Gasteiger partial charge in [0.05, 0.1) is 6.54 Å². The largest absolute Gasteiger partial charge is 0.489 e. The fourth-order valence-corrected chi connectivity index (χ4v) is 1.54. The quantitative estimate of drug-likeness (QED) is 0.327. The summed E-state index contributed by atoms with van der Waals surface area (Å²) in [6.07, 6.45) is 3.95. The highest BCUT2D eigenvalue weighted by Gasteiger charge is 2.01. The molecule has 0 saturated heterocycles. The summed E-state index contributed by atoms with van der Waals surface area (Å²) < 4.78 is 5.57. The molecular weight excluding hydrogens is 238 g/mol. The van der Waals surface area contributed by atoms with E-state index in [9.17, 15) is 0 Å². The first kappa shape index (κ1) is 15.1. The Labute approximate surface area is 115 Å². The van der Waals surface area contributed by atoms with E-state index in [4.69, 9.17) is 10.5 Å². The van der Waals surface area contributed by atoms with E-state index in [1.54, 1.807) is 6.08 Å². The van der Waals surface area contributed by atoms with Crippen molar-refractivity contribution in [2.75, 3.05) is 13.2 Å². The van der Waals surface area contributed by atoms with Gasteiger partial charge in [0.15, 0.2) is 5.96 Å². The summed E-state index contributed by atoms with van der Waals surface area (Å²) >= 11 is 0. The van der Waals surface area contributed by atoms with E-state index in [2.05, 4.69) is 23.8 Å². The van der Waals surface area contributed by atoms with Crippen molar-refractivity contribution in [3.63, 3.8) is 0 Å². The molecule has 0 spiro atoms. The Hall–Kier alpha value is -1.97. The first-order valence-corrected chi connectivity index (χ1v) is 6.63. The van der Waals surface area contributed by atoms with E-state index in [1.165, 1.54) is 0 Å². The van der Waals surface area contributed by atoms with Crippen LogP contribution >= 0.6 is 0 Å². The highest BCUT2D eigenvalue weighted by molar-refractivity contribution is 5.77. The molecule has 0 saturated carbocycles. The van der Waals surface area contributed by atoms with Gasteiger partial charge < -0.3 is 15.8 Å². The van der Waals surface area contributed by atoms with Gasteiger partial charge in [-0.2, -0.15) is 0 Å². The molecule has 1 aromatic rings. The monoisotopic (exact) mass is 261 g/mol. The maximum absolute atomic E-state index is 5.79. The van der Waals surface area contributed by atoms with Crippen LogP contribution in [0.25, 0.3) is 0 Å². The molecule has 19 heavy (non-hydrogen) atoms. The molecule has 0 aliphatic carbocycles. The lowest BCUT2D eigenvalue weighted by Crippen LogP contribution is -2.32. The van der Waals surface area contributed by atoms with Crippen molar-refractivity contribution < 1.29 is 4.74 Å². The molecule has 0 radical (unpaired) electrons. The fraction of sp³-hybridized carbons (Fsp3) is 0.400. The van der Waals surface area contributed by atoms with Crippen molar-refractivity contribution in [3.8, 4) is 5.75 Å². The van der Waals surface area contributed by atoms with Crippen molar-refractivity contribution in [1.29, 1.82) is 0 Å². The van der Waals surface area contributed by atoms with Gasteiger partial charge in [-0.1, -0.05) is 44.2 Å². The number of unbranched alkanes of at least 4 members (excludes halogenated alkanes) is 1. The van der Waals surface area contributed by atoms with Crippen LogP contribution in [0.1, 0.15) is 25.3 Å². The van der Waals surface area contributed by atoms with Crippen LogP contribution in [0.5, 0.6) is 5.75 Å². The summed E-state index contributed by atoms with van der Waals surface area (Å²) in [6.45, 7) is 7.64. The first-order chi connectivity index (χ1) is 9.27. The molecule has 1 aromatic carbocycles. The summed E-state index contributed by atoms with van der Waals surface area (Å²) in [7, 11) is 0. The highest BCUT2D eigenvalue weighted by Crippen LogP contribution is 2.18. The number of nitrogens with two attached hydrogens (primary N) is 1. The number of para-hydroxylation sites is 1. The lowest BCUT2D eigenvalue weighted by molar-refractivity contribution is 0.359. The Balaban J connectivity index is 2.55. The zero-order chi connectivity index (χ0) is 13.9. The first-order valence-electron chi connectivity index (χ1n) is 6.63. The zero-order valence-electron chi connectivity index (χ0n) is 11.6. The molecule has 0 amide bonds. The average molecular weight is 261 g/mol. The van der Waals surface area contributed by atoms with Crippen LogP contribution in [-0.4, -0.2) is 19.1 Å². The molecule has 4 nitrogen and oxygen atoms in total. The summed E-state index contributed by atoms with van der Waals surface area (Å²) in [5.74, 6) is 1.31. The number of benzene rings is 1. The zero-order valence-corrected chi connectivity index (χ0v) is 11.6. The maximum Gasteiger partial charge on any atom is 0.188 e. The van der Waals surface area contributed by atoms with Gasteiger partial charge in [0.1, 0.15) is 12.4 Å². The molecule has 104 valence electrons. The van der Waals surface area contributed by atoms with Gasteiger partial charge in [0, 0.05) is 12.1 Å². The molecule has 0 unspecified atom stereocenters. The van der Waals surface area contributed by atoms with Gasteiger partial charge in [-0.15, -0.1) is 0 Å². The summed E-state index contributed by atoms with van der Waals surface area (Å²) in [6, 6.07) is 7.82. The molecule has 0 heterocycles. The van der Waals surface area contributed by atoms with Crippen LogP contribution < -0.4 is 15.8 Å². The van der Waals surface area contributed by atoms with Crippen LogP contribution in [0.15, 0.2) is 41.9 Å². The third-order valence-corrected chi connectivity index (χ3v) is 2.59. The van der Waals surface area contributed by atoms with E-state index in [1.807, 2.05) is 24.3 Å². The maximum atomic E-state index is 5.79. The standard InChI is InChI=1S/C15H23N3O/c1-3-5-10-17-15(16)18-12-13-8-6-7-9-14(13)19-11-4-2/h4,6-9H,2-3,5,10-12H2,1H3,(H3,16,17,18). The third kappa shape index (κ3) is 5.95. The van der Waals surface area contributed by atoms with Crippen LogP contribution in [-0.2, 0) is 6.54 Å². The van der Waals surface area contributed by atoms with E-state index in [0.29, 0.717) is 19.1 Å². The van der Waals surface area contributed by atoms with Gasteiger partial charge in [0.2, 0.25) is 0 Å². The summed E-state index contributed by atoms with van der Waals surface area (Å²) in [5.41, 5.74) is 6.81. The van der Waals surface area contributed by atoms with Crippen molar-refractivity contribution in [1.82, 2.24) is 5.32 Å². The molecule has 0 aliphatic heterocycles. The van der Waals surface area contributed by atoms with Crippen molar-refractivity contribution >= 4 is 5.96 Å². The minimum atomic E-state index is 0.479. The Bertz CT molecular complexity index is 416. The Morgan fingerprint density at radius 1 is 1.47 bits per heavy atom. The molecule has 1 rings (SSSR count). The highest BCUT2D eigenvalue weighted by atomic mass is 16.5.